The van der Waals surface area contributed by atoms with E-state index in [1.165, 1.54) is 21.2 Å². The molecule has 0 unspecified atom stereocenters. The van der Waals surface area contributed by atoms with Crippen molar-refractivity contribution < 1.29 is 0 Å². The lowest BCUT2D eigenvalue weighted by Crippen LogP contribution is -2.33. The van der Waals surface area contributed by atoms with Crippen LogP contribution in [0.5, 0.6) is 0 Å². The summed E-state index contributed by atoms with van der Waals surface area (Å²) in [5.41, 5.74) is 4.06. The number of rotatable bonds is 5. The summed E-state index contributed by atoms with van der Waals surface area (Å²) < 4.78 is 1.17. The van der Waals surface area contributed by atoms with Gasteiger partial charge in [0.1, 0.15) is 0 Å². The van der Waals surface area contributed by atoms with Gasteiger partial charge in [0.05, 0.1) is 0 Å². The molecule has 0 aliphatic carbocycles. The van der Waals surface area contributed by atoms with Crippen LogP contribution in [0, 0.1) is 6.92 Å². The molecule has 106 valence electrons. The first-order valence-electron chi connectivity index (χ1n) is 6.54. The van der Waals surface area contributed by atoms with Crippen LogP contribution in [-0.2, 0) is 11.8 Å². The molecule has 0 saturated heterocycles. The van der Waals surface area contributed by atoms with Crippen molar-refractivity contribution in [3.05, 3.63) is 69.7 Å². The second kappa shape index (κ2) is 7.24. The number of hydrogen-bond acceptors (Lipinski definition) is 0. The van der Waals surface area contributed by atoms with E-state index in [1.807, 2.05) is 0 Å². The van der Waals surface area contributed by atoms with Crippen LogP contribution in [0.4, 0.5) is 0 Å². The second-order valence-corrected chi connectivity index (χ2v) is 7.17. The molecule has 2 aromatic rings. The Bertz CT molecular complexity index is 557. The van der Waals surface area contributed by atoms with Gasteiger partial charge in [-0.1, -0.05) is 95.8 Å². The summed E-state index contributed by atoms with van der Waals surface area (Å²) in [4.78, 5) is 0. The van der Waals surface area contributed by atoms with E-state index < -0.39 is 0 Å². The van der Waals surface area contributed by atoms with E-state index in [-0.39, 0.29) is 5.41 Å². The molecule has 0 aromatic heterocycles. The minimum atomic E-state index is 0.0509. The standard InChI is InChI=1S/C17H17Br3/c1-13-6-8-14(9-7-13)10-17(11-18,12-19)15-4-2-3-5-16(15)20/h2-9H,10-12H2,1H3. The topological polar surface area (TPSA) is 0 Å². The van der Waals surface area contributed by atoms with Gasteiger partial charge in [0.15, 0.2) is 0 Å². The summed E-state index contributed by atoms with van der Waals surface area (Å²) in [7, 11) is 0. The number of hydrogen-bond donors (Lipinski definition) is 0. The summed E-state index contributed by atoms with van der Waals surface area (Å²) in [5.74, 6) is 0. The second-order valence-electron chi connectivity index (χ2n) is 5.19. The summed E-state index contributed by atoms with van der Waals surface area (Å²) in [6.07, 6.45) is 1.01. The maximum absolute atomic E-state index is 3.73. The molecule has 0 atom stereocenters. The Morgan fingerprint density at radius 2 is 1.50 bits per heavy atom. The zero-order valence-corrected chi connectivity index (χ0v) is 16.1. The van der Waals surface area contributed by atoms with Crippen molar-refractivity contribution in [3.63, 3.8) is 0 Å². The molecule has 0 radical (unpaired) electrons. The molecule has 0 fully saturated rings. The van der Waals surface area contributed by atoms with Gasteiger partial charge in [-0.25, -0.2) is 0 Å². The third-order valence-electron chi connectivity index (χ3n) is 3.62. The number of benzene rings is 2. The van der Waals surface area contributed by atoms with Crippen LogP contribution in [0.15, 0.2) is 53.0 Å². The van der Waals surface area contributed by atoms with Gasteiger partial charge < -0.3 is 0 Å². The molecule has 0 spiro atoms. The molecule has 2 rings (SSSR count). The normalized spacial score (nSPS) is 11.6. The highest BCUT2D eigenvalue weighted by molar-refractivity contribution is 9.10. The molecule has 0 saturated carbocycles. The zero-order chi connectivity index (χ0) is 14.6. The Balaban J connectivity index is 2.39. The van der Waals surface area contributed by atoms with E-state index >= 15 is 0 Å². The van der Waals surface area contributed by atoms with Crippen LogP contribution in [0.2, 0.25) is 0 Å². The highest BCUT2D eigenvalue weighted by Crippen LogP contribution is 2.37. The molecule has 0 heterocycles. The van der Waals surface area contributed by atoms with E-state index in [9.17, 15) is 0 Å². The lowest BCUT2D eigenvalue weighted by Gasteiger charge is -2.32. The SMILES string of the molecule is Cc1ccc(CC(CBr)(CBr)c2ccccc2Br)cc1. The third-order valence-corrected chi connectivity index (χ3v) is 6.46. The van der Waals surface area contributed by atoms with Gasteiger partial charge in [-0.05, 0) is 30.5 Å². The lowest BCUT2D eigenvalue weighted by molar-refractivity contribution is 0.548. The first kappa shape index (κ1) is 16.3. The molecule has 0 nitrogen and oxygen atoms in total. The lowest BCUT2D eigenvalue weighted by atomic mass is 9.79. The zero-order valence-electron chi connectivity index (χ0n) is 11.4. The third kappa shape index (κ3) is 3.55. The highest BCUT2D eigenvalue weighted by atomic mass is 79.9. The van der Waals surface area contributed by atoms with Crippen LogP contribution in [0.1, 0.15) is 16.7 Å². The van der Waals surface area contributed by atoms with Crippen molar-refractivity contribution >= 4 is 47.8 Å². The smallest absolute Gasteiger partial charge is 0.0213 e. The molecule has 0 aliphatic rings. The Morgan fingerprint density at radius 1 is 0.900 bits per heavy atom. The van der Waals surface area contributed by atoms with Crippen molar-refractivity contribution in [2.24, 2.45) is 0 Å². The quantitative estimate of drug-likeness (QED) is 0.478. The fourth-order valence-electron chi connectivity index (χ4n) is 2.36. The van der Waals surface area contributed by atoms with E-state index in [2.05, 4.69) is 103 Å². The van der Waals surface area contributed by atoms with Gasteiger partial charge >= 0.3 is 0 Å². The highest BCUT2D eigenvalue weighted by Gasteiger charge is 2.32. The van der Waals surface area contributed by atoms with E-state index in [1.54, 1.807) is 0 Å². The van der Waals surface area contributed by atoms with Crippen LogP contribution in [-0.4, -0.2) is 10.7 Å². The largest absolute Gasteiger partial charge is 0.0918 e. The van der Waals surface area contributed by atoms with Crippen LogP contribution in [0.25, 0.3) is 0 Å². The fourth-order valence-corrected chi connectivity index (χ4v) is 4.99. The van der Waals surface area contributed by atoms with Gasteiger partial charge in [0.2, 0.25) is 0 Å². The molecule has 0 N–H and O–H groups in total. The maximum atomic E-state index is 3.73. The minimum Gasteiger partial charge on any atom is -0.0918 e. The van der Waals surface area contributed by atoms with Gasteiger partial charge in [-0.2, -0.15) is 0 Å². The van der Waals surface area contributed by atoms with E-state index in [4.69, 9.17) is 0 Å². The Labute approximate surface area is 146 Å². The molecule has 0 aliphatic heterocycles. The van der Waals surface area contributed by atoms with Crippen LogP contribution in [0.3, 0.4) is 0 Å². The Kier molecular flexibility index (Phi) is 5.88. The Hall–Kier alpha value is -0.120. The number of halogens is 3. The van der Waals surface area contributed by atoms with Gasteiger partial charge in [0.25, 0.3) is 0 Å². The average Bonchev–Trinajstić information content (AvgIpc) is 2.48. The molecule has 3 heteroatoms. The number of aryl methyl sites for hydroxylation is 1. The minimum absolute atomic E-state index is 0.0509. The van der Waals surface area contributed by atoms with Crippen molar-refractivity contribution in [1.82, 2.24) is 0 Å². The van der Waals surface area contributed by atoms with Crippen molar-refractivity contribution in [1.29, 1.82) is 0 Å². The molecular formula is C17H17Br3. The van der Waals surface area contributed by atoms with Gasteiger partial charge in [-0.3, -0.25) is 0 Å². The molecule has 0 amide bonds. The first-order valence-corrected chi connectivity index (χ1v) is 9.57. The van der Waals surface area contributed by atoms with Crippen molar-refractivity contribution in [2.45, 2.75) is 18.8 Å². The summed E-state index contributed by atoms with van der Waals surface area (Å²) in [6, 6.07) is 17.3. The summed E-state index contributed by atoms with van der Waals surface area (Å²) in [6.45, 7) is 2.12. The average molecular weight is 461 g/mol. The van der Waals surface area contributed by atoms with Gasteiger partial charge in [-0.15, -0.1) is 0 Å². The molecular weight excluding hydrogens is 444 g/mol. The first-order chi connectivity index (χ1) is 9.61. The molecule has 0 bridgehead atoms. The summed E-state index contributed by atoms with van der Waals surface area (Å²) in [5, 5.41) is 1.84. The summed E-state index contributed by atoms with van der Waals surface area (Å²) >= 11 is 11.1. The monoisotopic (exact) mass is 458 g/mol. The Morgan fingerprint density at radius 3 is 2.05 bits per heavy atom. The molecule has 2 aromatic carbocycles. The fraction of sp³-hybridized carbons (Fsp3) is 0.294. The number of alkyl halides is 2. The van der Waals surface area contributed by atoms with Crippen LogP contribution >= 0.6 is 47.8 Å². The van der Waals surface area contributed by atoms with Gasteiger partial charge in [0, 0.05) is 20.5 Å². The van der Waals surface area contributed by atoms with Crippen molar-refractivity contribution in [2.75, 3.05) is 10.7 Å². The van der Waals surface area contributed by atoms with Crippen LogP contribution < -0.4 is 0 Å². The van der Waals surface area contributed by atoms with E-state index in [0.717, 1.165) is 17.1 Å². The van der Waals surface area contributed by atoms with E-state index in [0.29, 0.717) is 0 Å². The predicted molar refractivity (Wildman–Crippen MR) is 98.3 cm³/mol. The maximum Gasteiger partial charge on any atom is 0.0213 e. The molecule has 20 heavy (non-hydrogen) atoms. The predicted octanol–water partition coefficient (Wildman–Crippen LogP) is 6.03. The van der Waals surface area contributed by atoms with Crippen molar-refractivity contribution in [3.8, 4) is 0 Å².